The summed E-state index contributed by atoms with van der Waals surface area (Å²) in [5, 5.41) is 8.95. The van der Waals surface area contributed by atoms with E-state index in [0.29, 0.717) is 12.2 Å². The molecule has 0 aliphatic carbocycles. The Balaban J connectivity index is 2.15. The third kappa shape index (κ3) is 3.00. The zero-order valence-electron chi connectivity index (χ0n) is 12.2. The highest BCUT2D eigenvalue weighted by Crippen LogP contribution is 2.25. The van der Waals surface area contributed by atoms with Gasteiger partial charge < -0.3 is 9.30 Å². The van der Waals surface area contributed by atoms with Crippen LogP contribution in [-0.2, 0) is 13.2 Å². The first-order chi connectivity index (χ1) is 9.65. The Morgan fingerprint density at radius 3 is 2.60 bits per heavy atom. The van der Waals surface area contributed by atoms with Crippen LogP contribution in [0.2, 0.25) is 0 Å². The number of imidazole rings is 1. The Morgan fingerprint density at radius 1 is 1.30 bits per heavy atom. The lowest BCUT2D eigenvalue weighted by molar-refractivity contribution is 0.290. The van der Waals surface area contributed by atoms with Crippen molar-refractivity contribution in [3.8, 4) is 11.8 Å². The second-order valence-electron chi connectivity index (χ2n) is 4.92. The largest absolute Gasteiger partial charge is 0.487 e. The summed E-state index contributed by atoms with van der Waals surface area (Å²) in [6.45, 7) is 7.51. The van der Waals surface area contributed by atoms with Gasteiger partial charge in [0.2, 0.25) is 0 Å². The van der Waals surface area contributed by atoms with Crippen LogP contribution in [0.25, 0.3) is 0 Å². The van der Waals surface area contributed by atoms with Crippen molar-refractivity contribution in [3.63, 3.8) is 0 Å². The number of ether oxygens (including phenoxy) is 1. The summed E-state index contributed by atoms with van der Waals surface area (Å²) in [5.41, 5.74) is 3.71. The molecule has 1 aromatic carbocycles. The summed E-state index contributed by atoms with van der Waals surface area (Å²) >= 11 is 0. The van der Waals surface area contributed by atoms with Crippen LogP contribution >= 0.6 is 0 Å². The van der Waals surface area contributed by atoms with Gasteiger partial charge in [0.1, 0.15) is 12.4 Å². The number of benzene rings is 1. The van der Waals surface area contributed by atoms with Crippen molar-refractivity contribution >= 4 is 0 Å². The molecule has 0 spiro atoms. The average Bonchev–Trinajstić information content (AvgIpc) is 2.85. The van der Waals surface area contributed by atoms with Crippen LogP contribution in [0, 0.1) is 25.2 Å². The van der Waals surface area contributed by atoms with Gasteiger partial charge in [-0.25, -0.2) is 4.98 Å². The third-order valence-electron chi connectivity index (χ3n) is 3.22. The highest BCUT2D eigenvalue weighted by Gasteiger charge is 2.08. The molecule has 4 heteroatoms. The topological polar surface area (TPSA) is 50.8 Å². The normalized spacial score (nSPS) is 10.3. The molecule has 20 heavy (non-hydrogen) atoms. The third-order valence-corrected chi connectivity index (χ3v) is 3.22. The maximum Gasteiger partial charge on any atom is 0.130 e. The number of nitriles is 1. The van der Waals surface area contributed by atoms with Crippen LogP contribution in [0.1, 0.15) is 35.7 Å². The van der Waals surface area contributed by atoms with Gasteiger partial charge in [-0.1, -0.05) is 6.92 Å². The first-order valence-electron chi connectivity index (χ1n) is 6.78. The molecule has 0 bridgehead atoms. The Hall–Kier alpha value is -2.28. The Bertz CT molecular complexity index is 614. The van der Waals surface area contributed by atoms with Crippen LogP contribution < -0.4 is 4.74 Å². The molecule has 1 heterocycles. The highest BCUT2D eigenvalue weighted by atomic mass is 16.5. The zero-order chi connectivity index (χ0) is 14.5. The molecule has 2 rings (SSSR count). The van der Waals surface area contributed by atoms with Crippen LogP contribution in [0.4, 0.5) is 0 Å². The van der Waals surface area contributed by atoms with Gasteiger partial charge in [-0.05, 0) is 43.5 Å². The number of nitrogens with zero attached hydrogens (tertiary/aromatic N) is 3. The Labute approximate surface area is 119 Å². The van der Waals surface area contributed by atoms with E-state index >= 15 is 0 Å². The van der Waals surface area contributed by atoms with E-state index < -0.39 is 0 Å². The van der Waals surface area contributed by atoms with Crippen LogP contribution in [0.5, 0.6) is 5.75 Å². The first-order valence-corrected chi connectivity index (χ1v) is 6.78. The number of hydrogen-bond acceptors (Lipinski definition) is 3. The fraction of sp³-hybridized carbons (Fsp3) is 0.375. The lowest BCUT2D eigenvalue weighted by Gasteiger charge is -2.13. The molecular weight excluding hydrogens is 250 g/mol. The van der Waals surface area contributed by atoms with E-state index in [1.54, 1.807) is 0 Å². The lowest BCUT2D eigenvalue weighted by atomic mass is 10.1. The van der Waals surface area contributed by atoms with Gasteiger partial charge in [0.15, 0.2) is 0 Å². The number of hydrogen-bond donors (Lipinski definition) is 0. The van der Waals surface area contributed by atoms with E-state index in [1.165, 1.54) is 0 Å². The number of aryl methyl sites for hydroxylation is 3. The summed E-state index contributed by atoms with van der Waals surface area (Å²) in [6, 6.07) is 5.87. The van der Waals surface area contributed by atoms with Gasteiger partial charge in [-0.2, -0.15) is 5.26 Å². The van der Waals surface area contributed by atoms with Gasteiger partial charge in [-0.3, -0.25) is 0 Å². The maximum atomic E-state index is 8.95. The van der Waals surface area contributed by atoms with E-state index in [-0.39, 0.29) is 0 Å². The SMILES string of the molecule is CCCn1cncc1COc1c(C)cc(C#N)cc1C. The van der Waals surface area contributed by atoms with E-state index in [9.17, 15) is 0 Å². The van der Waals surface area contributed by atoms with Crippen molar-refractivity contribution in [3.05, 3.63) is 47.0 Å². The van der Waals surface area contributed by atoms with Crippen LogP contribution in [0.15, 0.2) is 24.7 Å². The maximum absolute atomic E-state index is 8.95. The summed E-state index contributed by atoms with van der Waals surface area (Å²) < 4.78 is 8.03. The van der Waals surface area contributed by atoms with E-state index in [2.05, 4.69) is 22.5 Å². The van der Waals surface area contributed by atoms with Crippen LogP contribution in [-0.4, -0.2) is 9.55 Å². The van der Waals surface area contributed by atoms with E-state index in [1.807, 2.05) is 38.5 Å². The minimum absolute atomic E-state index is 0.494. The Morgan fingerprint density at radius 2 is 2.00 bits per heavy atom. The molecule has 0 radical (unpaired) electrons. The summed E-state index contributed by atoms with van der Waals surface area (Å²) in [4.78, 5) is 4.17. The minimum Gasteiger partial charge on any atom is -0.487 e. The highest BCUT2D eigenvalue weighted by molar-refractivity contribution is 5.47. The molecule has 0 fully saturated rings. The molecule has 104 valence electrons. The molecule has 0 aliphatic rings. The smallest absolute Gasteiger partial charge is 0.130 e. The van der Waals surface area contributed by atoms with Gasteiger partial charge in [0.05, 0.1) is 29.9 Å². The Kier molecular flexibility index (Phi) is 4.41. The predicted molar refractivity (Wildman–Crippen MR) is 77.5 cm³/mol. The van der Waals surface area contributed by atoms with Crippen molar-refractivity contribution in [1.29, 1.82) is 5.26 Å². The summed E-state index contributed by atoms with van der Waals surface area (Å²) in [7, 11) is 0. The van der Waals surface area contributed by atoms with Gasteiger partial charge >= 0.3 is 0 Å². The van der Waals surface area contributed by atoms with Crippen molar-refractivity contribution < 1.29 is 4.74 Å². The fourth-order valence-corrected chi connectivity index (χ4v) is 2.30. The lowest BCUT2D eigenvalue weighted by Crippen LogP contribution is -2.06. The van der Waals surface area contributed by atoms with E-state index in [0.717, 1.165) is 35.5 Å². The second-order valence-corrected chi connectivity index (χ2v) is 4.92. The van der Waals surface area contributed by atoms with Gasteiger partial charge in [0.25, 0.3) is 0 Å². The van der Waals surface area contributed by atoms with Crippen molar-refractivity contribution in [2.45, 2.75) is 40.3 Å². The molecular formula is C16H19N3O. The minimum atomic E-state index is 0.494. The van der Waals surface area contributed by atoms with E-state index in [4.69, 9.17) is 10.00 Å². The van der Waals surface area contributed by atoms with Gasteiger partial charge in [0, 0.05) is 6.54 Å². The van der Waals surface area contributed by atoms with Crippen LogP contribution in [0.3, 0.4) is 0 Å². The molecule has 0 saturated heterocycles. The van der Waals surface area contributed by atoms with Crippen molar-refractivity contribution in [2.24, 2.45) is 0 Å². The average molecular weight is 269 g/mol. The monoisotopic (exact) mass is 269 g/mol. The molecule has 0 N–H and O–H groups in total. The van der Waals surface area contributed by atoms with Gasteiger partial charge in [-0.15, -0.1) is 0 Å². The molecule has 4 nitrogen and oxygen atoms in total. The molecule has 0 saturated carbocycles. The first kappa shape index (κ1) is 14.1. The zero-order valence-corrected chi connectivity index (χ0v) is 12.2. The molecule has 0 amide bonds. The van der Waals surface area contributed by atoms with Crippen molar-refractivity contribution in [1.82, 2.24) is 9.55 Å². The molecule has 2 aromatic rings. The fourth-order valence-electron chi connectivity index (χ4n) is 2.30. The van der Waals surface area contributed by atoms with Crippen molar-refractivity contribution in [2.75, 3.05) is 0 Å². The standard InChI is InChI=1S/C16H19N3O/c1-4-5-19-11-18-9-15(19)10-20-16-12(2)6-14(8-17)7-13(16)3/h6-7,9,11H,4-5,10H2,1-3H3. The predicted octanol–water partition coefficient (Wildman–Crippen LogP) is 3.36. The molecule has 0 unspecified atom stereocenters. The molecule has 0 aliphatic heterocycles. The number of aromatic nitrogens is 2. The summed E-state index contributed by atoms with van der Waals surface area (Å²) in [6.07, 6.45) is 4.74. The quantitative estimate of drug-likeness (QED) is 0.836. The molecule has 1 aromatic heterocycles. The number of rotatable bonds is 5. The summed E-state index contributed by atoms with van der Waals surface area (Å²) in [5.74, 6) is 0.855. The molecule has 0 atom stereocenters. The second kappa shape index (κ2) is 6.25.